The maximum Gasteiger partial charge on any atom is 0.258 e. The first-order chi connectivity index (χ1) is 18.7. The Morgan fingerprint density at radius 1 is 1.32 bits per heavy atom. The van der Waals surface area contributed by atoms with Crippen LogP contribution in [0.25, 0.3) is 10.4 Å². The van der Waals surface area contributed by atoms with Gasteiger partial charge in [0, 0.05) is 25.1 Å². The lowest BCUT2D eigenvalue weighted by Gasteiger charge is -2.35. The Morgan fingerprint density at radius 3 is 2.60 bits per heavy atom. The van der Waals surface area contributed by atoms with Gasteiger partial charge in [0.1, 0.15) is 17.8 Å². The molecule has 1 aromatic carbocycles. The van der Waals surface area contributed by atoms with Gasteiger partial charge in [0.2, 0.25) is 11.8 Å². The molecule has 1 aliphatic carbocycles. The van der Waals surface area contributed by atoms with Crippen molar-refractivity contribution in [2.75, 3.05) is 6.54 Å². The number of aromatic nitrogens is 1. The fourth-order valence-electron chi connectivity index (χ4n) is 4.72. The molecule has 3 amide bonds. The number of alkyl halides is 1. The highest BCUT2D eigenvalue weighted by molar-refractivity contribution is 7.13. The summed E-state index contributed by atoms with van der Waals surface area (Å²) in [6.45, 7) is 12.8. The van der Waals surface area contributed by atoms with Crippen LogP contribution >= 0.6 is 11.3 Å². The van der Waals surface area contributed by atoms with Gasteiger partial charge >= 0.3 is 0 Å². The van der Waals surface area contributed by atoms with Crippen LogP contribution in [0.15, 0.2) is 36.0 Å². The summed E-state index contributed by atoms with van der Waals surface area (Å²) in [5.74, 6) is -0.774. The number of benzene rings is 1. The first-order valence-corrected chi connectivity index (χ1v) is 14.2. The third kappa shape index (κ3) is 6.52. The number of carbonyl (C=O) groups is 3. The Labute approximate surface area is 237 Å². The average molecular weight is 573 g/mol. The molecular weight excluding hydrogens is 535 g/mol. The first kappa shape index (κ1) is 29.7. The predicted octanol–water partition coefficient (Wildman–Crippen LogP) is 3.64. The number of aliphatic hydroxyl groups is 1. The summed E-state index contributed by atoms with van der Waals surface area (Å²) in [4.78, 5) is 46.0. The predicted molar refractivity (Wildman–Crippen MR) is 150 cm³/mol. The molecule has 0 bridgehead atoms. The van der Waals surface area contributed by atoms with Crippen LogP contribution in [0.3, 0.4) is 0 Å². The zero-order valence-corrected chi connectivity index (χ0v) is 24.4. The van der Waals surface area contributed by atoms with Crippen molar-refractivity contribution in [3.8, 4) is 16.2 Å². The molecule has 9 nitrogen and oxygen atoms in total. The van der Waals surface area contributed by atoms with E-state index in [-0.39, 0.29) is 32.4 Å². The zero-order valence-electron chi connectivity index (χ0n) is 23.5. The molecule has 11 heteroatoms. The van der Waals surface area contributed by atoms with E-state index in [0.29, 0.717) is 17.1 Å². The molecule has 4 rings (SSSR count). The number of thiazole rings is 1. The van der Waals surface area contributed by atoms with E-state index in [1.807, 2.05) is 25.1 Å². The molecule has 40 heavy (non-hydrogen) atoms. The number of β-amino-alcohol motifs (C(OH)–C–C–N with tert-alkyl or cyclic N) is 1. The highest BCUT2D eigenvalue weighted by Crippen LogP contribution is 2.40. The van der Waals surface area contributed by atoms with Gasteiger partial charge in [-0.15, -0.1) is 11.3 Å². The summed E-state index contributed by atoms with van der Waals surface area (Å²) in [6, 6.07) is 3.65. The molecule has 1 aliphatic heterocycles. The smallest absolute Gasteiger partial charge is 0.258 e. The number of amides is 3. The lowest BCUT2D eigenvalue weighted by molar-refractivity contribution is -0.145. The Hall–Kier alpha value is -3.31. The topological polar surface area (TPSA) is 121 Å². The minimum atomic E-state index is -1.94. The second-order valence-electron chi connectivity index (χ2n) is 11.7. The average Bonchev–Trinajstić information content (AvgIpc) is 3.28. The van der Waals surface area contributed by atoms with E-state index in [1.54, 1.807) is 33.2 Å². The molecule has 3 N–H and O–H groups in total. The second-order valence-corrected chi connectivity index (χ2v) is 12.6. The maximum atomic E-state index is 14.4. The van der Waals surface area contributed by atoms with Crippen LogP contribution in [0.4, 0.5) is 4.39 Å². The van der Waals surface area contributed by atoms with Gasteiger partial charge in [-0.25, -0.2) is 9.37 Å². The molecule has 216 valence electrons. The Balaban J connectivity index is 1.50. The molecule has 1 aromatic heterocycles. The first-order valence-electron chi connectivity index (χ1n) is 13.3. The highest BCUT2D eigenvalue weighted by atomic mass is 32.1. The Morgan fingerprint density at radius 2 is 2.02 bits per heavy atom. The van der Waals surface area contributed by atoms with Crippen LogP contribution in [-0.2, 0) is 20.9 Å². The van der Waals surface area contributed by atoms with E-state index in [2.05, 4.69) is 22.2 Å². The van der Waals surface area contributed by atoms with Crippen molar-refractivity contribution in [3.05, 3.63) is 47.3 Å². The number of aryl methyl sites for hydroxylation is 1. The molecule has 1 unspecified atom stereocenters. The maximum absolute atomic E-state index is 14.4. The quantitative estimate of drug-likeness (QED) is 0.395. The van der Waals surface area contributed by atoms with Crippen molar-refractivity contribution in [2.24, 2.45) is 5.41 Å². The molecule has 2 fully saturated rings. The van der Waals surface area contributed by atoms with Gasteiger partial charge in [0.05, 0.1) is 27.9 Å². The Kier molecular flexibility index (Phi) is 8.37. The summed E-state index contributed by atoms with van der Waals surface area (Å²) in [5, 5.41) is 15.8. The monoisotopic (exact) mass is 572 g/mol. The van der Waals surface area contributed by atoms with Crippen molar-refractivity contribution in [1.29, 1.82) is 0 Å². The van der Waals surface area contributed by atoms with Gasteiger partial charge in [-0.3, -0.25) is 14.4 Å². The van der Waals surface area contributed by atoms with Crippen molar-refractivity contribution >= 4 is 29.1 Å². The van der Waals surface area contributed by atoms with E-state index in [4.69, 9.17) is 4.74 Å². The third-order valence-corrected chi connectivity index (χ3v) is 8.14. The SMILES string of the molecule is C=C(C)Oc1cc(-c2scnc2C)ccc1CNC(=O)[C@@H]1C[C@@H](O)CN1C(=O)C(NC(=O)C1(F)CC1)C(C)(C)C. The lowest BCUT2D eigenvalue weighted by atomic mass is 9.85. The largest absolute Gasteiger partial charge is 0.462 e. The van der Waals surface area contributed by atoms with E-state index < -0.39 is 47.0 Å². The van der Waals surface area contributed by atoms with Gasteiger partial charge in [-0.2, -0.15) is 0 Å². The zero-order chi connectivity index (χ0) is 29.4. The number of ether oxygens (including phenoxy) is 1. The van der Waals surface area contributed by atoms with Crippen LogP contribution in [-0.4, -0.2) is 63.1 Å². The highest BCUT2D eigenvalue weighted by Gasteiger charge is 2.53. The van der Waals surface area contributed by atoms with Crippen LogP contribution in [0.1, 0.15) is 58.2 Å². The lowest BCUT2D eigenvalue weighted by Crippen LogP contribution is -2.59. The van der Waals surface area contributed by atoms with Gasteiger partial charge in [-0.1, -0.05) is 39.5 Å². The van der Waals surface area contributed by atoms with Crippen LogP contribution < -0.4 is 15.4 Å². The number of nitrogens with one attached hydrogen (secondary N) is 2. The van der Waals surface area contributed by atoms with Gasteiger partial charge < -0.3 is 25.4 Å². The number of aliphatic hydroxyl groups excluding tert-OH is 1. The molecule has 3 atom stereocenters. The molecule has 0 spiro atoms. The van der Waals surface area contributed by atoms with Crippen LogP contribution in [0.2, 0.25) is 0 Å². The van der Waals surface area contributed by atoms with Gasteiger partial charge in [0.25, 0.3) is 5.91 Å². The summed E-state index contributed by atoms with van der Waals surface area (Å²) in [7, 11) is 0. The molecular formula is C29H37FN4O5S. The van der Waals surface area contributed by atoms with Crippen molar-refractivity contribution in [3.63, 3.8) is 0 Å². The van der Waals surface area contributed by atoms with E-state index in [0.717, 1.165) is 16.1 Å². The number of allylic oxidation sites excluding steroid dienone is 1. The van der Waals surface area contributed by atoms with Gasteiger partial charge in [0.15, 0.2) is 5.67 Å². The fraction of sp³-hybridized carbons (Fsp3) is 0.517. The van der Waals surface area contributed by atoms with Crippen LogP contribution in [0, 0.1) is 12.3 Å². The minimum absolute atomic E-state index is 0.0497. The molecule has 1 saturated carbocycles. The number of halogens is 1. The van der Waals surface area contributed by atoms with Crippen LogP contribution in [0.5, 0.6) is 5.75 Å². The third-order valence-electron chi connectivity index (χ3n) is 7.16. The normalized spacial score (nSPS) is 20.5. The summed E-state index contributed by atoms with van der Waals surface area (Å²) >= 11 is 1.52. The molecule has 2 aromatic rings. The molecule has 1 saturated heterocycles. The van der Waals surface area contributed by atoms with Crippen molar-refractivity contribution in [2.45, 2.75) is 84.3 Å². The summed E-state index contributed by atoms with van der Waals surface area (Å²) in [5.41, 5.74) is 1.62. The minimum Gasteiger partial charge on any atom is -0.462 e. The molecule has 2 aliphatic rings. The second kappa shape index (κ2) is 11.3. The van der Waals surface area contributed by atoms with E-state index >= 15 is 0 Å². The van der Waals surface area contributed by atoms with Crippen molar-refractivity contribution < 1.29 is 28.6 Å². The molecule has 0 radical (unpaired) electrons. The number of carbonyl (C=O) groups excluding carboxylic acids is 3. The van der Waals surface area contributed by atoms with Gasteiger partial charge in [-0.05, 0) is 43.7 Å². The standard InChI is InChI=1S/C29H37FN4O5S/c1-16(2)39-22-11-18(23-17(3)32-15-40-23)7-8-19(22)13-31-25(36)21-12-20(35)14-34(21)26(37)24(28(4,5)6)33-27(38)29(30)9-10-29/h7-8,11,15,20-21,24,35H,1,9-10,12-14H2,2-6H3,(H,31,36)(H,33,38)/t20-,21+,24?/m1/s1. The summed E-state index contributed by atoms with van der Waals surface area (Å²) < 4.78 is 20.2. The number of likely N-dealkylation sites (tertiary alicyclic amines) is 1. The van der Waals surface area contributed by atoms with Crippen molar-refractivity contribution in [1.82, 2.24) is 20.5 Å². The number of hydrogen-bond acceptors (Lipinski definition) is 7. The Bertz CT molecular complexity index is 1320. The number of hydrogen-bond donors (Lipinski definition) is 3. The van der Waals surface area contributed by atoms with E-state index in [9.17, 15) is 23.9 Å². The fourth-order valence-corrected chi connectivity index (χ4v) is 5.52. The number of rotatable bonds is 9. The number of nitrogens with zero attached hydrogens (tertiary/aromatic N) is 2. The molecule has 2 heterocycles. The van der Waals surface area contributed by atoms with E-state index in [1.165, 1.54) is 16.2 Å². The summed E-state index contributed by atoms with van der Waals surface area (Å²) in [6.07, 6.45) is -0.608.